The molecule has 1 N–H and O–H groups in total. The molecule has 0 saturated heterocycles. The first-order chi connectivity index (χ1) is 10.3. The van der Waals surface area contributed by atoms with Gasteiger partial charge in [0.05, 0.1) is 12.9 Å². The molecule has 3 aromatic rings. The van der Waals surface area contributed by atoms with Crippen LogP contribution in [0.2, 0.25) is 0 Å². The largest absolute Gasteiger partial charge is 0.470 e. The van der Waals surface area contributed by atoms with Crippen molar-refractivity contribution in [3.05, 3.63) is 6.33 Å². The molecular formula is C14H17N5OS. The molecule has 0 bridgehead atoms. The van der Waals surface area contributed by atoms with Crippen LogP contribution in [0.4, 0.5) is 5.82 Å². The lowest BCUT2D eigenvalue weighted by Crippen LogP contribution is -2.19. The molecular weight excluding hydrogens is 286 g/mol. The summed E-state index contributed by atoms with van der Waals surface area (Å²) in [6.45, 7) is 0.771. The summed E-state index contributed by atoms with van der Waals surface area (Å²) in [7, 11) is 3.83. The highest BCUT2D eigenvalue weighted by atomic mass is 32.1. The Morgan fingerprint density at radius 1 is 1.38 bits per heavy atom. The second-order valence-corrected chi connectivity index (χ2v) is 6.44. The number of aryl methyl sites for hydroxylation is 1. The van der Waals surface area contributed by atoms with Crippen molar-refractivity contribution in [3.63, 3.8) is 0 Å². The Morgan fingerprint density at radius 2 is 2.24 bits per heavy atom. The predicted molar refractivity (Wildman–Crippen MR) is 84.1 cm³/mol. The molecule has 4 rings (SSSR count). The molecule has 1 aliphatic rings. The van der Waals surface area contributed by atoms with E-state index in [-0.39, 0.29) is 0 Å². The van der Waals surface area contributed by atoms with Crippen molar-refractivity contribution in [1.29, 1.82) is 0 Å². The number of hydrogen-bond donors (Lipinski definition) is 1. The van der Waals surface area contributed by atoms with E-state index < -0.39 is 0 Å². The van der Waals surface area contributed by atoms with Crippen LogP contribution >= 0.6 is 11.3 Å². The summed E-state index contributed by atoms with van der Waals surface area (Å²) < 4.78 is 7.83. The summed E-state index contributed by atoms with van der Waals surface area (Å²) in [6, 6.07) is 0. The lowest BCUT2D eigenvalue weighted by Gasteiger charge is -2.24. The number of imidazole rings is 1. The van der Waals surface area contributed by atoms with Crippen LogP contribution in [-0.4, -0.2) is 33.2 Å². The van der Waals surface area contributed by atoms with Crippen molar-refractivity contribution in [2.75, 3.05) is 19.0 Å². The number of rotatable bonds is 4. The van der Waals surface area contributed by atoms with Crippen molar-refractivity contribution in [2.45, 2.75) is 19.3 Å². The molecule has 6 nitrogen and oxygen atoms in total. The molecule has 7 heteroatoms. The number of hydrogen-bond acceptors (Lipinski definition) is 6. The minimum atomic E-state index is 0.703. The molecule has 0 aliphatic heterocycles. The zero-order chi connectivity index (χ0) is 14.4. The number of aromatic nitrogens is 4. The molecule has 1 saturated carbocycles. The summed E-state index contributed by atoms with van der Waals surface area (Å²) in [6.07, 6.45) is 5.68. The molecule has 3 heterocycles. The van der Waals surface area contributed by atoms with Crippen molar-refractivity contribution < 1.29 is 4.74 Å². The summed E-state index contributed by atoms with van der Waals surface area (Å²) >= 11 is 1.50. The fraction of sp³-hybridized carbons (Fsp3) is 0.500. The van der Waals surface area contributed by atoms with E-state index in [1.165, 1.54) is 30.6 Å². The van der Waals surface area contributed by atoms with Gasteiger partial charge in [0.15, 0.2) is 10.6 Å². The van der Waals surface area contributed by atoms with Gasteiger partial charge in [-0.2, -0.15) is 4.98 Å². The van der Waals surface area contributed by atoms with Crippen LogP contribution in [0, 0.1) is 5.92 Å². The summed E-state index contributed by atoms with van der Waals surface area (Å²) in [5.41, 5.74) is 2.72. The van der Waals surface area contributed by atoms with Gasteiger partial charge < -0.3 is 14.6 Å². The van der Waals surface area contributed by atoms with Gasteiger partial charge in [-0.25, -0.2) is 9.97 Å². The fourth-order valence-electron chi connectivity index (χ4n) is 2.64. The van der Waals surface area contributed by atoms with E-state index in [2.05, 4.69) is 20.3 Å². The molecule has 110 valence electrons. The number of fused-ring (bicyclic) bond motifs is 3. The average Bonchev–Trinajstić information content (AvgIpc) is 2.99. The van der Waals surface area contributed by atoms with Crippen LogP contribution in [0.3, 0.4) is 0 Å². The number of anilines is 1. The minimum Gasteiger partial charge on any atom is -0.470 e. The standard InChI is InChI=1S/C14H17N5OS/c1-15-12-9-11(19(2)7-16-9)10-13(18-12)21-14(17-10)20-6-8-4-3-5-8/h7-8H,3-6H2,1-2H3,(H,15,18). The Balaban J connectivity index is 1.78. The van der Waals surface area contributed by atoms with Gasteiger partial charge >= 0.3 is 0 Å². The highest BCUT2D eigenvalue weighted by molar-refractivity contribution is 7.20. The quantitative estimate of drug-likeness (QED) is 0.803. The molecule has 1 fully saturated rings. The van der Waals surface area contributed by atoms with Gasteiger partial charge in [-0.15, -0.1) is 0 Å². The SMILES string of the molecule is CNc1nc2sc(OCC3CCC3)nc2c2c1ncn2C. The van der Waals surface area contributed by atoms with Gasteiger partial charge in [0.2, 0.25) is 0 Å². The van der Waals surface area contributed by atoms with Crippen LogP contribution in [0.15, 0.2) is 6.33 Å². The van der Waals surface area contributed by atoms with E-state index in [1.54, 1.807) is 6.33 Å². The molecule has 1 aliphatic carbocycles. The van der Waals surface area contributed by atoms with E-state index in [9.17, 15) is 0 Å². The maximum atomic E-state index is 5.85. The highest BCUT2D eigenvalue weighted by Crippen LogP contribution is 2.35. The van der Waals surface area contributed by atoms with Crippen molar-refractivity contribution >= 4 is 38.5 Å². The van der Waals surface area contributed by atoms with Gasteiger partial charge in [0.1, 0.15) is 16.6 Å². The monoisotopic (exact) mass is 303 g/mol. The summed E-state index contributed by atoms with van der Waals surface area (Å²) in [4.78, 5) is 14.5. The molecule has 0 amide bonds. The summed E-state index contributed by atoms with van der Waals surface area (Å²) in [5.74, 6) is 1.49. The minimum absolute atomic E-state index is 0.703. The topological polar surface area (TPSA) is 64.9 Å². The van der Waals surface area contributed by atoms with Gasteiger partial charge in [0.25, 0.3) is 5.19 Å². The van der Waals surface area contributed by atoms with Gasteiger partial charge in [-0.05, 0) is 18.8 Å². The molecule has 0 radical (unpaired) electrons. The van der Waals surface area contributed by atoms with E-state index in [0.717, 1.165) is 33.8 Å². The smallest absolute Gasteiger partial charge is 0.275 e. The number of thiazole rings is 1. The van der Waals surface area contributed by atoms with Crippen LogP contribution in [0.5, 0.6) is 5.19 Å². The van der Waals surface area contributed by atoms with E-state index >= 15 is 0 Å². The first kappa shape index (κ1) is 12.8. The summed E-state index contributed by atoms with van der Waals surface area (Å²) in [5, 5.41) is 3.81. The predicted octanol–water partition coefficient (Wildman–Crippen LogP) is 2.80. The Hall–Kier alpha value is -1.89. The maximum Gasteiger partial charge on any atom is 0.275 e. The second kappa shape index (κ2) is 4.84. The number of nitrogens with zero attached hydrogens (tertiary/aromatic N) is 4. The molecule has 0 unspecified atom stereocenters. The normalized spacial score (nSPS) is 15.5. The molecule has 3 aromatic heterocycles. The van der Waals surface area contributed by atoms with Crippen LogP contribution in [0.25, 0.3) is 21.4 Å². The lowest BCUT2D eigenvalue weighted by molar-refractivity contribution is 0.180. The number of ether oxygens (including phenoxy) is 1. The van der Waals surface area contributed by atoms with Crippen LogP contribution < -0.4 is 10.1 Å². The zero-order valence-corrected chi connectivity index (χ0v) is 12.9. The third kappa shape index (κ3) is 2.03. The van der Waals surface area contributed by atoms with E-state index in [1.807, 2.05) is 18.7 Å². The first-order valence-electron chi connectivity index (χ1n) is 7.18. The lowest BCUT2D eigenvalue weighted by atomic mass is 9.86. The molecule has 0 spiro atoms. The number of nitrogens with one attached hydrogen (secondary N) is 1. The average molecular weight is 303 g/mol. The molecule has 0 aromatic carbocycles. The fourth-order valence-corrected chi connectivity index (χ4v) is 3.45. The maximum absolute atomic E-state index is 5.85. The van der Waals surface area contributed by atoms with Crippen molar-refractivity contribution in [3.8, 4) is 5.19 Å². The Labute approximate surface area is 126 Å². The van der Waals surface area contributed by atoms with Gasteiger partial charge in [0, 0.05) is 14.1 Å². The van der Waals surface area contributed by atoms with Crippen molar-refractivity contribution in [2.24, 2.45) is 13.0 Å². The van der Waals surface area contributed by atoms with Gasteiger partial charge in [-0.3, -0.25) is 0 Å². The van der Waals surface area contributed by atoms with Crippen LogP contribution in [0.1, 0.15) is 19.3 Å². The third-order valence-corrected chi connectivity index (χ3v) is 4.95. The van der Waals surface area contributed by atoms with Crippen LogP contribution in [-0.2, 0) is 7.05 Å². The Morgan fingerprint density at radius 3 is 2.95 bits per heavy atom. The Kier molecular flexibility index (Phi) is 2.95. The first-order valence-corrected chi connectivity index (χ1v) is 8.00. The van der Waals surface area contributed by atoms with Crippen molar-refractivity contribution in [1.82, 2.24) is 19.5 Å². The molecule has 21 heavy (non-hydrogen) atoms. The zero-order valence-electron chi connectivity index (χ0n) is 12.1. The highest BCUT2D eigenvalue weighted by Gasteiger charge is 2.20. The van der Waals surface area contributed by atoms with E-state index in [4.69, 9.17) is 4.74 Å². The van der Waals surface area contributed by atoms with Gasteiger partial charge in [-0.1, -0.05) is 17.8 Å². The van der Waals surface area contributed by atoms with E-state index in [0.29, 0.717) is 11.1 Å². The Bertz CT molecular complexity index is 805. The number of pyridine rings is 1. The molecule has 0 atom stereocenters. The third-order valence-electron chi connectivity index (χ3n) is 4.09. The second-order valence-electron chi connectivity index (χ2n) is 5.50.